The van der Waals surface area contributed by atoms with Crippen LogP contribution in [0, 0.1) is 11.7 Å². The lowest BCUT2D eigenvalue weighted by Crippen LogP contribution is -2.37. The lowest BCUT2D eigenvalue weighted by Gasteiger charge is -2.28. The molecule has 1 aliphatic heterocycles. The number of nitrogens with two attached hydrogens (primary N) is 1. The minimum absolute atomic E-state index is 0.228. The van der Waals surface area contributed by atoms with E-state index < -0.39 is 15.8 Å². The lowest BCUT2D eigenvalue weighted by molar-refractivity contribution is 0.220. The van der Waals surface area contributed by atoms with E-state index in [9.17, 15) is 12.8 Å². The van der Waals surface area contributed by atoms with E-state index in [-0.39, 0.29) is 10.6 Å². The summed E-state index contributed by atoms with van der Waals surface area (Å²) in [7, 11) is -1.80. The summed E-state index contributed by atoms with van der Waals surface area (Å²) in [6.45, 7) is 2.25. The van der Waals surface area contributed by atoms with Crippen molar-refractivity contribution in [3.63, 3.8) is 0 Å². The first kappa shape index (κ1) is 15.2. The van der Waals surface area contributed by atoms with E-state index in [1.807, 2.05) is 7.05 Å². The van der Waals surface area contributed by atoms with Crippen LogP contribution < -0.4 is 10.5 Å². The van der Waals surface area contributed by atoms with E-state index in [1.54, 1.807) is 0 Å². The number of anilines is 1. The molecule has 0 saturated carbocycles. The van der Waals surface area contributed by atoms with Gasteiger partial charge >= 0.3 is 0 Å². The molecule has 0 spiro atoms. The molecule has 3 N–H and O–H groups in total. The van der Waals surface area contributed by atoms with Gasteiger partial charge < -0.3 is 10.6 Å². The van der Waals surface area contributed by atoms with Crippen molar-refractivity contribution in [2.75, 3.05) is 32.4 Å². The van der Waals surface area contributed by atoms with Crippen molar-refractivity contribution >= 4 is 15.7 Å². The topological polar surface area (TPSA) is 75.4 Å². The largest absolute Gasteiger partial charge is 0.399 e. The summed E-state index contributed by atoms with van der Waals surface area (Å²) in [5.74, 6) is -0.486. The molecule has 20 heavy (non-hydrogen) atoms. The van der Waals surface area contributed by atoms with Gasteiger partial charge in [0.1, 0.15) is 10.7 Å². The first-order chi connectivity index (χ1) is 9.38. The standard InChI is InChI=1S/C13H20FN3O2S/c1-17-6-4-10(5-7-17)9-16-20(18,19)13-8-11(15)2-3-12(13)14/h2-3,8,10,16H,4-7,9,15H2,1H3. The van der Waals surface area contributed by atoms with Gasteiger partial charge in [0, 0.05) is 12.2 Å². The number of benzene rings is 1. The van der Waals surface area contributed by atoms with Gasteiger partial charge in [-0.1, -0.05) is 0 Å². The molecule has 1 aliphatic rings. The Morgan fingerprint density at radius 1 is 1.40 bits per heavy atom. The number of sulfonamides is 1. The number of rotatable bonds is 4. The average molecular weight is 301 g/mol. The summed E-state index contributed by atoms with van der Waals surface area (Å²) in [5, 5.41) is 0. The van der Waals surface area contributed by atoms with Gasteiger partial charge in [0.15, 0.2) is 0 Å². The van der Waals surface area contributed by atoms with E-state index >= 15 is 0 Å². The molecule has 0 amide bonds. The molecule has 5 nitrogen and oxygen atoms in total. The predicted octanol–water partition coefficient (Wildman–Crippen LogP) is 1.03. The molecule has 1 aromatic carbocycles. The molecule has 1 aromatic rings. The Balaban J connectivity index is 2.02. The summed E-state index contributed by atoms with van der Waals surface area (Å²) in [6, 6.07) is 3.55. The maximum atomic E-state index is 13.6. The summed E-state index contributed by atoms with van der Waals surface area (Å²) >= 11 is 0. The van der Waals surface area contributed by atoms with E-state index in [2.05, 4.69) is 9.62 Å². The number of halogens is 1. The van der Waals surface area contributed by atoms with Gasteiger partial charge in [-0.05, 0) is 57.1 Å². The third-order valence-electron chi connectivity index (χ3n) is 3.64. The molecule has 2 rings (SSSR count). The van der Waals surface area contributed by atoms with Crippen molar-refractivity contribution in [3.05, 3.63) is 24.0 Å². The fourth-order valence-electron chi connectivity index (χ4n) is 2.30. The zero-order valence-corrected chi connectivity index (χ0v) is 12.3. The van der Waals surface area contributed by atoms with Crippen LogP contribution in [0.5, 0.6) is 0 Å². The van der Waals surface area contributed by atoms with E-state index in [1.165, 1.54) is 6.07 Å². The maximum Gasteiger partial charge on any atom is 0.243 e. The van der Waals surface area contributed by atoms with Crippen LogP contribution in [-0.4, -0.2) is 40.0 Å². The Hall–Kier alpha value is -1.18. The number of hydrogen-bond acceptors (Lipinski definition) is 4. The van der Waals surface area contributed by atoms with Gasteiger partial charge in [-0.3, -0.25) is 0 Å². The minimum Gasteiger partial charge on any atom is -0.399 e. The Labute approximate surface area is 119 Å². The van der Waals surface area contributed by atoms with Gasteiger partial charge in [0.05, 0.1) is 0 Å². The molecule has 7 heteroatoms. The van der Waals surface area contributed by atoms with Gasteiger partial charge in [-0.25, -0.2) is 17.5 Å². The molecule has 1 fully saturated rings. The highest BCUT2D eigenvalue weighted by Gasteiger charge is 2.22. The van der Waals surface area contributed by atoms with Gasteiger partial charge in [-0.2, -0.15) is 0 Å². The number of nitrogens with zero attached hydrogens (tertiary/aromatic N) is 1. The summed E-state index contributed by atoms with van der Waals surface area (Å²) in [6.07, 6.45) is 1.89. The third-order valence-corrected chi connectivity index (χ3v) is 5.08. The summed E-state index contributed by atoms with van der Waals surface area (Å²) in [5.41, 5.74) is 5.74. The minimum atomic E-state index is -3.84. The van der Waals surface area contributed by atoms with Crippen molar-refractivity contribution in [2.45, 2.75) is 17.7 Å². The zero-order chi connectivity index (χ0) is 14.8. The second-order valence-electron chi connectivity index (χ2n) is 5.29. The highest BCUT2D eigenvalue weighted by molar-refractivity contribution is 7.89. The molecule has 112 valence electrons. The molecule has 0 aliphatic carbocycles. The van der Waals surface area contributed by atoms with Gasteiger partial charge in [0.25, 0.3) is 0 Å². The fourth-order valence-corrected chi connectivity index (χ4v) is 3.52. The van der Waals surface area contributed by atoms with Crippen LogP contribution in [0.25, 0.3) is 0 Å². The summed E-state index contributed by atoms with van der Waals surface area (Å²) in [4.78, 5) is 1.83. The van der Waals surface area contributed by atoms with Crippen LogP contribution in [0.4, 0.5) is 10.1 Å². The van der Waals surface area contributed by atoms with E-state index in [0.29, 0.717) is 12.5 Å². The van der Waals surface area contributed by atoms with Crippen LogP contribution in [0.15, 0.2) is 23.1 Å². The maximum absolute atomic E-state index is 13.6. The van der Waals surface area contributed by atoms with Crippen LogP contribution in [-0.2, 0) is 10.0 Å². The monoisotopic (exact) mass is 301 g/mol. The number of hydrogen-bond donors (Lipinski definition) is 2. The van der Waals surface area contributed by atoms with Crippen molar-refractivity contribution < 1.29 is 12.8 Å². The molecule has 0 unspecified atom stereocenters. The molecule has 1 heterocycles. The van der Waals surface area contributed by atoms with E-state index in [4.69, 9.17) is 5.73 Å². The van der Waals surface area contributed by atoms with Gasteiger partial charge in [-0.15, -0.1) is 0 Å². The average Bonchev–Trinajstić information content (AvgIpc) is 2.41. The first-order valence-electron chi connectivity index (χ1n) is 6.62. The second kappa shape index (κ2) is 6.07. The van der Waals surface area contributed by atoms with Crippen molar-refractivity contribution in [3.8, 4) is 0 Å². The lowest BCUT2D eigenvalue weighted by atomic mass is 9.98. The SMILES string of the molecule is CN1CCC(CNS(=O)(=O)c2cc(N)ccc2F)CC1. The molecule has 0 bridgehead atoms. The molecular formula is C13H20FN3O2S. The molecule has 0 aromatic heterocycles. The number of piperidine rings is 1. The third kappa shape index (κ3) is 3.68. The van der Waals surface area contributed by atoms with Crippen LogP contribution in [0.1, 0.15) is 12.8 Å². The van der Waals surface area contributed by atoms with Crippen molar-refractivity contribution in [1.29, 1.82) is 0 Å². The molecule has 0 atom stereocenters. The van der Waals surface area contributed by atoms with Crippen LogP contribution in [0.2, 0.25) is 0 Å². The summed E-state index contributed by atoms with van der Waals surface area (Å²) < 4.78 is 40.3. The molecular weight excluding hydrogens is 281 g/mol. The molecule has 1 saturated heterocycles. The van der Waals surface area contributed by atoms with Crippen LogP contribution >= 0.6 is 0 Å². The zero-order valence-electron chi connectivity index (χ0n) is 11.5. The fraction of sp³-hybridized carbons (Fsp3) is 0.538. The van der Waals surface area contributed by atoms with Crippen LogP contribution in [0.3, 0.4) is 0 Å². The van der Waals surface area contributed by atoms with Crippen molar-refractivity contribution in [2.24, 2.45) is 5.92 Å². The smallest absolute Gasteiger partial charge is 0.243 e. The number of likely N-dealkylation sites (tertiary alicyclic amines) is 1. The predicted molar refractivity (Wildman–Crippen MR) is 76.2 cm³/mol. The Morgan fingerprint density at radius 3 is 2.70 bits per heavy atom. The quantitative estimate of drug-likeness (QED) is 0.815. The molecule has 0 radical (unpaired) electrons. The van der Waals surface area contributed by atoms with Crippen molar-refractivity contribution in [1.82, 2.24) is 9.62 Å². The normalized spacial score (nSPS) is 18.3. The number of nitrogen functional groups attached to an aromatic ring is 1. The Kier molecular flexibility index (Phi) is 4.62. The highest BCUT2D eigenvalue weighted by atomic mass is 32.2. The number of nitrogens with one attached hydrogen (secondary N) is 1. The van der Waals surface area contributed by atoms with E-state index in [0.717, 1.165) is 38.1 Å². The second-order valence-corrected chi connectivity index (χ2v) is 7.02. The van der Waals surface area contributed by atoms with Gasteiger partial charge in [0.2, 0.25) is 10.0 Å². The first-order valence-corrected chi connectivity index (χ1v) is 8.10. The Morgan fingerprint density at radius 2 is 2.05 bits per heavy atom. The Bertz CT molecular complexity index is 569. The highest BCUT2D eigenvalue weighted by Crippen LogP contribution is 2.19.